The number of carbonyl (C=O) groups is 2. The minimum absolute atomic E-state index is 0.115. The van der Waals surface area contributed by atoms with E-state index >= 15 is 0 Å². The molecule has 1 atom stereocenters. The maximum atomic E-state index is 12.7. The molecular formula is C21H22N2O5. The summed E-state index contributed by atoms with van der Waals surface area (Å²) < 4.78 is 10.8. The molecule has 1 aliphatic heterocycles. The summed E-state index contributed by atoms with van der Waals surface area (Å²) in [6.07, 6.45) is 0.152. The number of rotatable bonds is 7. The van der Waals surface area contributed by atoms with E-state index in [0.717, 1.165) is 16.8 Å². The molecule has 0 radical (unpaired) electrons. The van der Waals surface area contributed by atoms with Crippen LogP contribution < -0.4 is 9.47 Å². The predicted octanol–water partition coefficient (Wildman–Crippen LogP) is 3.25. The molecule has 7 heteroatoms. The van der Waals surface area contributed by atoms with Crippen LogP contribution in [0.5, 0.6) is 11.5 Å². The maximum Gasteiger partial charge on any atom is 0.303 e. The van der Waals surface area contributed by atoms with Gasteiger partial charge >= 0.3 is 5.97 Å². The molecule has 0 bridgehead atoms. The molecule has 28 heavy (non-hydrogen) atoms. The zero-order chi connectivity index (χ0) is 20.1. The number of hydrogen-bond donors (Lipinski definition) is 1. The van der Waals surface area contributed by atoms with Crippen molar-refractivity contribution in [3.05, 3.63) is 59.7 Å². The van der Waals surface area contributed by atoms with Crippen molar-refractivity contribution in [1.82, 2.24) is 5.01 Å². The van der Waals surface area contributed by atoms with Gasteiger partial charge in [-0.25, -0.2) is 5.01 Å². The molecule has 2 aromatic carbocycles. The molecule has 146 valence electrons. The Morgan fingerprint density at radius 2 is 1.86 bits per heavy atom. The van der Waals surface area contributed by atoms with Gasteiger partial charge in [-0.05, 0) is 17.7 Å². The molecule has 0 aromatic heterocycles. The van der Waals surface area contributed by atoms with Crippen molar-refractivity contribution in [2.75, 3.05) is 14.2 Å². The highest BCUT2D eigenvalue weighted by Gasteiger charge is 2.34. The lowest BCUT2D eigenvalue weighted by atomic mass is 9.97. The van der Waals surface area contributed by atoms with E-state index in [4.69, 9.17) is 14.6 Å². The lowest BCUT2D eigenvalue weighted by Crippen LogP contribution is -2.27. The summed E-state index contributed by atoms with van der Waals surface area (Å²) in [6.45, 7) is 0. The minimum Gasteiger partial charge on any atom is -0.497 e. The molecule has 0 fully saturated rings. The fraction of sp³-hybridized carbons (Fsp3) is 0.286. The second-order valence-corrected chi connectivity index (χ2v) is 6.37. The molecule has 7 nitrogen and oxygen atoms in total. The molecule has 1 heterocycles. The smallest absolute Gasteiger partial charge is 0.303 e. The van der Waals surface area contributed by atoms with Gasteiger partial charge in [-0.2, -0.15) is 5.10 Å². The molecule has 0 spiro atoms. The van der Waals surface area contributed by atoms with Crippen molar-refractivity contribution in [2.24, 2.45) is 5.10 Å². The van der Waals surface area contributed by atoms with Gasteiger partial charge in [0.25, 0.3) is 0 Å². The number of methoxy groups -OCH3 is 2. The Kier molecular flexibility index (Phi) is 5.93. The number of aliphatic carboxylic acids is 1. The van der Waals surface area contributed by atoms with E-state index in [1.54, 1.807) is 26.4 Å². The number of ether oxygens (including phenoxy) is 2. The number of benzene rings is 2. The number of carbonyl (C=O) groups excluding carboxylic acids is 1. The third-order valence-corrected chi connectivity index (χ3v) is 4.63. The van der Waals surface area contributed by atoms with Crippen LogP contribution in [0.1, 0.15) is 36.4 Å². The van der Waals surface area contributed by atoms with Gasteiger partial charge in [-0.15, -0.1) is 0 Å². The van der Waals surface area contributed by atoms with Gasteiger partial charge in [-0.1, -0.05) is 30.3 Å². The van der Waals surface area contributed by atoms with E-state index in [9.17, 15) is 9.59 Å². The summed E-state index contributed by atoms with van der Waals surface area (Å²) in [5.74, 6) is -0.119. The summed E-state index contributed by atoms with van der Waals surface area (Å²) in [5, 5.41) is 14.8. The first-order valence-electron chi connectivity index (χ1n) is 8.92. The Balaban J connectivity index is 1.96. The summed E-state index contributed by atoms with van der Waals surface area (Å²) in [4.78, 5) is 23.6. The van der Waals surface area contributed by atoms with Crippen molar-refractivity contribution in [1.29, 1.82) is 0 Å². The average Bonchev–Trinajstić information content (AvgIpc) is 3.17. The zero-order valence-electron chi connectivity index (χ0n) is 15.8. The SMILES string of the molecule is COc1ccc(C2CC(c3ccccc3)=NN2C(=O)CCC(=O)O)c(OC)c1. The first-order valence-corrected chi connectivity index (χ1v) is 8.92. The standard InChI is InChI=1S/C21H22N2O5/c1-27-15-8-9-16(19(12-15)28-2)18-13-17(14-6-4-3-5-7-14)22-23(18)20(24)10-11-21(25)26/h3-9,12,18H,10-11,13H2,1-2H3,(H,25,26). The number of nitrogens with zero attached hydrogens (tertiary/aromatic N) is 2. The molecule has 3 rings (SSSR count). The van der Waals surface area contributed by atoms with E-state index in [2.05, 4.69) is 5.10 Å². The van der Waals surface area contributed by atoms with Gasteiger partial charge in [0, 0.05) is 24.5 Å². The Morgan fingerprint density at radius 1 is 1.11 bits per heavy atom. The predicted molar refractivity (Wildman–Crippen MR) is 104 cm³/mol. The highest BCUT2D eigenvalue weighted by Crippen LogP contribution is 2.39. The molecule has 1 N–H and O–H groups in total. The van der Waals surface area contributed by atoms with Gasteiger partial charge in [0.2, 0.25) is 5.91 Å². The maximum absolute atomic E-state index is 12.7. The second kappa shape index (κ2) is 8.56. The molecule has 0 saturated carbocycles. The number of amides is 1. The van der Waals surface area contributed by atoms with Crippen molar-refractivity contribution in [3.63, 3.8) is 0 Å². The molecule has 2 aromatic rings. The topological polar surface area (TPSA) is 88.4 Å². The highest BCUT2D eigenvalue weighted by atomic mass is 16.5. The van der Waals surface area contributed by atoms with Crippen LogP contribution >= 0.6 is 0 Å². The second-order valence-electron chi connectivity index (χ2n) is 6.37. The minimum atomic E-state index is -1.02. The molecular weight excluding hydrogens is 360 g/mol. The van der Waals surface area contributed by atoms with Crippen LogP contribution in [0, 0.1) is 0 Å². The number of hydrazone groups is 1. The van der Waals surface area contributed by atoms with Gasteiger partial charge < -0.3 is 14.6 Å². The number of carboxylic acids is 1. The van der Waals surface area contributed by atoms with Gasteiger partial charge in [-0.3, -0.25) is 9.59 Å². The van der Waals surface area contributed by atoms with Crippen LogP contribution in [0.4, 0.5) is 0 Å². The summed E-state index contributed by atoms with van der Waals surface area (Å²) in [5.41, 5.74) is 2.49. The average molecular weight is 382 g/mol. The molecule has 0 saturated heterocycles. The van der Waals surface area contributed by atoms with Crippen LogP contribution in [-0.2, 0) is 9.59 Å². The normalized spacial score (nSPS) is 15.9. The lowest BCUT2D eigenvalue weighted by Gasteiger charge is -2.23. The van der Waals surface area contributed by atoms with Gasteiger partial charge in [0.1, 0.15) is 11.5 Å². The number of hydrogen-bond acceptors (Lipinski definition) is 5. The number of carboxylic acid groups (broad SMARTS) is 1. The Hall–Kier alpha value is -3.35. The monoisotopic (exact) mass is 382 g/mol. The molecule has 1 amide bonds. The third-order valence-electron chi connectivity index (χ3n) is 4.63. The zero-order valence-corrected chi connectivity index (χ0v) is 15.8. The molecule has 1 unspecified atom stereocenters. The van der Waals surface area contributed by atoms with Crippen molar-refractivity contribution < 1.29 is 24.2 Å². The lowest BCUT2D eigenvalue weighted by molar-refractivity contribution is -0.141. The molecule has 1 aliphatic rings. The Labute approximate surface area is 163 Å². The quantitative estimate of drug-likeness (QED) is 0.794. The van der Waals surface area contributed by atoms with Gasteiger partial charge in [0.15, 0.2) is 0 Å². The van der Waals surface area contributed by atoms with Crippen LogP contribution in [0.15, 0.2) is 53.6 Å². The van der Waals surface area contributed by atoms with E-state index in [-0.39, 0.29) is 24.8 Å². The fourth-order valence-corrected chi connectivity index (χ4v) is 3.21. The summed E-state index contributed by atoms with van der Waals surface area (Å²) in [7, 11) is 3.13. The Morgan fingerprint density at radius 3 is 2.50 bits per heavy atom. The van der Waals surface area contributed by atoms with E-state index in [1.165, 1.54) is 5.01 Å². The van der Waals surface area contributed by atoms with Crippen molar-refractivity contribution in [3.8, 4) is 11.5 Å². The van der Waals surface area contributed by atoms with Gasteiger partial charge in [0.05, 0.1) is 32.4 Å². The van der Waals surface area contributed by atoms with Crippen LogP contribution in [-0.4, -0.2) is 41.9 Å². The fourth-order valence-electron chi connectivity index (χ4n) is 3.21. The third kappa shape index (κ3) is 4.14. The first kappa shape index (κ1) is 19.4. The van der Waals surface area contributed by atoms with Crippen LogP contribution in [0.2, 0.25) is 0 Å². The summed E-state index contributed by atoms with van der Waals surface area (Å²) >= 11 is 0. The Bertz CT molecular complexity index is 895. The largest absolute Gasteiger partial charge is 0.497 e. The van der Waals surface area contributed by atoms with Crippen LogP contribution in [0.3, 0.4) is 0 Å². The van der Waals surface area contributed by atoms with Crippen molar-refractivity contribution >= 4 is 17.6 Å². The molecule has 0 aliphatic carbocycles. The van der Waals surface area contributed by atoms with E-state index < -0.39 is 5.97 Å². The highest BCUT2D eigenvalue weighted by molar-refractivity contribution is 6.03. The summed E-state index contributed by atoms with van der Waals surface area (Å²) in [6, 6.07) is 14.7. The van der Waals surface area contributed by atoms with E-state index in [0.29, 0.717) is 17.9 Å². The first-order chi connectivity index (χ1) is 13.5. The van der Waals surface area contributed by atoms with Crippen LogP contribution in [0.25, 0.3) is 0 Å². The van der Waals surface area contributed by atoms with E-state index in [1.807, 2.05) is 36.4 Å². The van der Waals surface area contributed by atoms with Crippen molar-refractivity contribution in [2.45, 2.75) is 25.3 Å².